The van der Waals surface area contributed by atoms with Gasteiger partial charge in [0.2, 0.25) is 5.95 Å². The average molecular weight is 468 g/mol. The molecule has 0 bridgehead atoms. The van der Waals surface area contributed by atoms with E-state index in [2.05, 4.69) is 44.3 Å². The number of aromatic amines is 2. The van der Waals surface area contributed by atoms with E-state index in [1.165, 1.54) is 11.1 Å². The van der Waals surface area contributed by atoms with E-state index in [4.69, 9.17) is 16.5 Å². The van der Waals surface area contributed by atoms with Gasteiger partial charge in [0.25, 0.3) is 5.56 Å². The lowest BCUT2D eigenvalue weighted by Gasteiger charge is -2.42. The number of hydrogen-bond acceptors (Lipinski definition) is 6. The van der Waals surface area contributed by atoms with Crippen LogP contribution in [0.15, 0.2) is 53.3 Å². The van der Waals surface area contributed by atoms with Crippen molar-refractivity contribution in [3.05, 3.63) is 81.3 Å². The molecule has 1 saturated carbocycles. The summed E-state index contributed by atoms with van der Waals surface area (Å²) >= 11 is 0. The molecule has 0 unspecified atom stereocenters. The summed E-state index contributed by atoms with van der Waals surface area (Å²) in [5.41, 5.74) is 18.3. The van der Waals surface area contributed by atoms with E-state index in [1.54, 1.807) is 0 Å². The topological polar surface area (TPSA) is 130 Å². The molecule has 2 aromatic heterocycles. The Morgan fingerprint density at radius 1 is 1.00 bits per heavy atom. The fourth-order valence-corrected chi connectivity index (χ4v) is 6.58. The van der Waals surface area contributed by atoms with Gasteiger partial charge in [0.15, 0.2) is 5.65 Å². The summed E-state index contributed by atoms with van der Waals surface area (Å²) in [7, 11) is 0. The molecule has 0 radical (unpaired) electrons. The van der Waals surface area contributed by atoms with E-state index in [9.17, 15) is 4.79 Å². The van der Waals surface area contributed by atoms with Crippen LogP contribution in [-0.2, 0) is 11.8 Å². The van der Waals surface area contributed by atoms with Gasteiger partial charge in [-0.05, 0) is 60.3 Å². The van der Waals surface area contributed by atoms with Gasteiger partial charge < -0.3 is 16.4 Å². The number of nitrogens with zero attached hydrogens (tertiary/aromatic N) is 3. The average Bonchev–Trinajstić information content (AvgIpc) is 3.47. The fraction of sp³-hybridized carbons (Fsp3) is 0.370. The summed E-state index contributed by atoms with van der Waals surface area (Å²) in [4.78, 5) is 23.4. The van der Waals surface area contributed by atoms with Crippen molar-refractivity contribution in [2.75, 3.05) is 23.7 Å². The molecule has 4 aromatic rings. The van der Waals surface area contributed by atoms with Crippen LogP contribution >= 0.6 is 0 Å². The molecule has 0 amide bonds. The highest BCUT2D eigenvalue weighted by molar-refractivity contribution is 5.81. The second kappa shape index (κ2) is 7.18. The number of H-pyrrole nitrogens is 2. The summed E-state index contributed by atoms with van der Waals surface area (Å²) in [5.74, 6) is 0.598. The first-order valence-electron chi connectivity index (χ1n) is 12.4. The zero-order valence-corrected chi connectivity index (χ0v) is 19.6. The van der Waals surface area contributed by atoms with Gasteiger partial charge in [-0.25, -0.2) is 0 Å². The Hall–Kier alpha value is -3.65. The predicted octanol–water partition coefficient (Wildman–Crippen LogP) is 3.15. The summed E-state index contributed by atoms with van der Waals surface area (Å²) in [5, 5.41) is 8.17. The normalized spacial score (nSPS) is 22.0. The molecular formula is C27H29N7O. The van der Waals surface area contributed by atoms with Gasteiger partial charge in [0, 0.05) is 30.2 Å². The number of piperidine rings is 1. The highest BCUT2D eigenvalue weighted by Gasteiger charge is 2.51. The third kappa shape index (κ3) is 2.92. The van der Waals surface area contributed by atoms with Gasteiger partial charge >= 0.3 is 0 Å². The van der Waals surface area contributed by atoms with Gasteiger partial charge in [-0.2, -0.15) is 10.1 Å². The molecule has 2 aromatic carbocycles. The lowest BCUT2D eigenvalue weighted by atomic mass is 9.73. The van der Waals surface area contributed by atoms with Crippen LogP contribution in [0.5, 0.6) is 0 Å². The molecule has 8 heteroatoms. The van der Waals surface area contributed by atoms with Crippen LogP contribution in [0.25, 0.3) is 11.0 Å². The second-order valence-corrected chi connectivity index (χ2v) is 10.6. The largest absolute Gasteiger partial charge is 0.398 e. The number of rotatable bonds is 3. The standard InChI is InChI=1S/C27H29N7O/c28-19-8-4-3-7-18(19)27(9-10-27)22-20-23(33-32-22)30-25(31-24(20)35)34-13-11-26(12-14-34)15-16-5-1-2-6-17(16)21(26)29/h1-8,21H,9-15,28-29H2,(H2,30,31,32,33,35)/t21-/m1/s1. The molecule has 35 heavy (non-hydrogen) atoms. The number of hydrogen-bond donors (Lipinski definition) is 4. The first kappa shape index (κ1) is 20.7. The quantitative estimate of drug-likeness (QED) is 0.343. The number of nitrogens with one attached hydrogen (secondary N) is 2. The van der Waals surface area contributed by atoms with Crippen molar-refractivity contribution in [3.63, 3.8) is 0 Å². The monoisotopic (exact) mass is 467 g/mol. The number of nitrogens with two attached hydrogens (primary N) is 2. The van der Waals surface area contributed by atoms with Crippen molar-refractivity contribution in [2.24, 2.45) is 11.1 Å². The Morgan fingerprint density at radius 3 is 2.49 bits per heavy atom. The van der Waals surface area contributed by atoms with Crippen molar-refractivity contribution < 1.29 is 0 Å². The van der Waals surface area contributed by atoms with Gasteiger partial charge in [-0.1, -0.05) is 42.5 Å². The molecule has 2 fully saturated rings. The van der Waals surface area contributed by atoms with E-state index < -0.39 is 0 Å². The maximum Gasteiger partial charge on any atom is 0.263 e. The second-order valence-electron chi connectivity index (χ2n) is 10.6. The third-order valence-corrected chi connectivity index (χ3v) is 8.75. The Kier molecular flexibility index (Phi) is 4.25. The molecule has 3 heterocycles. The van der Waals surface area contributed by atoms with Crippen molar-refractivity contribution in [3.8, 4) is 0 Å². The fourth-order valence-electron chi connectivity index (χ4n) is 6.58. The molecule has 1 saturated heterocycles. The number of aromatic nitrogens is 4. The minimum atomic E-state index is -0.315. The van der Waals surface area contributed by atoms with E-state index in [-0.39, 0.29) is 22.4 Å². The first-order chi connectivity index (χ1) is 17.0. The lowest BCUT2D eigenvalue weighted by molar-refractivity contribution is 0.187. The number of nitrogen functional groups attached to an aromatic ring is 1. The molecule has 178 valence electrons. The van der Waals surface area contributed by atoms with Gasteiger partial charge in [0.05, 0.1) is 5.69 Å². The predicted molar refractivity (Wildman–Crippen MR) is 136 cm³/mol. The molecule has 1 aliphatic heterocycles. The number of anilines is 2. The minimum Gasteiger partial charge on any atom is -0.398 e. The SMILES string of the molecule is Nc1ccccc1C1(c2n[nH]c3nc(N4CCC5(CC4)Cc4ccccc4[C@H]5N)[nH]c(=O)c23)CC1. The Bertz CT molecular complexity index is 1510. The van der Waals surface area contributed by atoms with E-state index in [1.807, 2.05) is 24.3 Å². The lowest BCUT2D eigenvalue weighted by Crippen LogP contribution is -2.45. The van der Waals surface area contributed by atoms with Crippen molar-refractivity contribution in [1.82, 2.24) is 20.2 Å². The Balaban J connectivity index is 1.18. The molecular weight excluding hydrogens is 438 g/mol. The molecule has 7 rings (SSSR count). The van der Waals surface area contributed by atoms with Crippen molar-refractivity contribution >= 4 is 22.7 Å². The van der Waals surface area contributed by atoms with Crippen LogP contribution in [0, 0.1) is 5.41 Å². The van der Waals surface area contributed by atoms with Crippen molar-refractivity contribution in [1.29, 1.82) is 0 Å². The van der Waals surface area contributed by atoms with Gasteiger partial charge in [-0.3, -0.25) is 14.9 Å². The summed E-state index contributed by atoms with van der Waals surface area (Å²) in [6, 6.07) is 16.5. The van der Waals surface area contributed by atoms with Crippen molar-refractivity contribution in [2.45, 2.75) is 43.6 Å². The van der Waals surface area contributed by atoms with E-state index >= 15 is 0 Å². The van der Waals surface area contributed by atoms with Crippen LogP contribution < -0.4 is 21.9 Å². The zero-order chi connectivity index (χ0) is 23.8. The van der Waals surface area contributed by atoms with Crippen LogP contribution in [-0.4, -0.2) is 33.3 Å². The summed E-state index contributed by atoms with van der Waals surface area (Å²) in [6.45, 7) is 1.61. The molecule has 1 atom stereocenters. The van der Waals surface area contributed by atoms with Gasteiger partial charge in [-0.15, -0.1) is 0 Å². The minimum absolute atomic E-state index is 0.0608. The van der Waals surface area contributed by atoms with Crippen LogP contribution in [0.2, 0.25) is 0 Å². The van der Waals surface area contributed by atoms with Crippen LogP contribution in [0.3, 0.4) is 0 Å². The number of benzene rings is 2. The summed E-state index contributed by atoms with van der Waals surface area (Å²) < 4.78 is 0. The number of para-hydroxylation sites is 1. The van der Waals surface area contributed by atoms with Gasteiger partial charge in [0.1, 0.15) is 5.39 Å². The van der Waals surface area contributed by atoms with E-state index in [0.717, 1.165) is 62.1 Å². The maximum atomic E-state index is 13.3. The number of fused-ring (bicyclic) bond motifs is 2. The third-order valence-electron chi connectivity index (χ3n) is 8.75. The maximum absolute atomic E-state index is 13.3. The molecule has 6 N–H and O–H groups in total. The molecule has 8 nitrogen and oxygen atoms in total. The van der Waals surface area contributed by atoms with Crippen LogP contribution in [0.1, 0.15) is 54.1 Å². The Morgan fingerprint density at radius 2 is 1.74 bits per heavy atom. The highest BCUT2D eigenvalue weighted by Crippen LogP contribution is 2.55. The first-order valence-corrected chi connectivity index (χ1v) is 12.4. The summed E-state index contributed by atoms with van der Waals surface area (Å²) in [6.07, 6.45) is 4.79. The zero-order valence-electron chi connectivity index (χ0n) is 19.6. The Labute approximate surface area is 202 Å². The highest BCUT2D eigenvalue weighted by atomic mass is 16.1. The molecule has 3 aliphatic rings. The van der Waals surface area contributed by atoms with Crippen LogP contribution in [0.4, 0.5) is 11.6 Å². The molecule has 2 aliphatic carbocycles. The smallest absolute Gasteiger partial charge is 0.263 e. The molecule has 1 spiro atoms. The van der Waals surface area contributed by atoms with E-state index in [0.29, 0.717) is 17.0 Å².